The molecule has 3 aromatic rings. The van der Waals surface area contributed by atoms with E-state index in [0.717, 1.165) is 30.5 Å². The van der Waals surface area contributed by atoms with Crippen LogP contribution in [0.2, 0.25) is 0 Å². The number of aryl methyl sites for hydroxylation is 1. The number of fused-ring (bicyclic) bond motifs is 1. The minimum atomic E-state index is -0.0296. The Hall–Kier alpha value is -2.95. The molecule has 0 bridgehead atoms. The number of aromatic nitrogens is 3. The van der Waals surface area contributed by atoms with Crippen molar-refractivity contribution in [3.63, 3.8) is 0 Å². The van der Waals surface area contributed by atoms with E-state index in [1.807, 2.05) is 48.8 Å². The van der Waals surface area contributed by atoms with Crippen LogP contribution in [-0.2, 0) is 25.8 Å². The molecule has 1 aliphatic carbocycles. The number of nitrogens with zero attached hydrogens (tertiary/aromatic N) is 3. The average molecular weight is 374 g/mol. The molecule has 28 heavy (non-hydrogen) atoms. The fourth-order valence-corrected chi connectivity index (χ4v) is 3.87. The van der Waals surface area contributed by atoms with Gasteiger partial charge in [-0.05, 0) is 61.9 Å². The Kier molecular flexibility index (Phi) is 5.51. The average Bonchev–Trinajstić information content (AvgIpc) is 3.13. The number of benzene rings is 1. The van der Waals surface area contributed by atoms with Crippen LogP contribution >= 0.6 is 0 Å². The molecule has 5 heteroatoms. The molecule has 144 valence electrons. The van der Waals surface area contributed by atoms with E-state index in [1.165, 1.54) is 29.7 Å². The number of hydrogen-bond acceptors (Lipinski definition) is 3. The van der Waals surface area contributed by atoms with Crippen molar-refractivity contribution in [1.29, 1.82) is 0 Å². The van der Waals surface area contributed by atoms with Gasteiger partial charge in [0.2, 0.25) is 0 Å². The highest BCUT2D eigenvalue weighted by molar-refractivity contribution is 5.94. The molecule has 0 saturated carbocycles. The predicted molar refractivity (Wildman–Crippen MR) is 110 cm³/mol. The molecule has 2 aromatic heterocycles. The van der Waals surface area contributed by atoms with Crippen LogP contribution in [0.3, 0.4) is 0 Å². The smallest absolute Gasteiger partial charge is 0.251 e. The molecule has 0 aliphatic heterocycles. The highest BCUT2D eigenvalue weighted by Gasteiger charge is 2.21. The Morgan fingerprint density at radius 2 is 1.82 bits per heavy atom. The van der Waals surface area contributed by atoms with Gasteiger partial charge in [-0.25, -0.2) is 0 Å². The van der Waals surface area contributed by atoms with E-state index in [2.05, 4.69) is 21.9 Å². The zero-order valence-electron chi connectivity index (χ0n) is 16.3. The zero-order valence-corrected chi connectivity index (χ0v) is 16.3. The predicted octanol–water partition coefficient (Wildman–Crippen LogP) is 3.82. The van der Waals surface area contributed by atoms with E-state index >= 15 is 0 Å². The van der Waals surface area contributed by atoms with Crippen LogP contribution in [0.1, 0.15) is 46.9 Å². The number of pyridine rings is 1. The molecule has 0 atom stereocenters. The third-order valence-corrected chi connectivity index (χ3v) is 5.44. The molecule has 1 aliphatic rings. The van der Waals surface area contributed by atoms with E-state index < -0.39 is 0 Å². The minimum Gasteiger partial charge on any atom is -0.350 e. The number of amides is 1. The van der Waals surface area contributed by atoms with Crippen LogP contribution in [0.25, 0.3) is 11.3 Å². The summed E-state index contributed by atoms with van der Waals surface area (Å²) in [5.41, 5.74) is 6.81. The second-order valence-electron chi connectivity index (χ2n) is 7.25. The summed E-state index contributed by atoms with van der Waals surface area (Å²) in [6.07, 6.45) is 9.14. The van der Waals surface area contributed by atoms with Crippen LogP contribution < -0.4 is 5.32 Å². The molecule has 2 heterocycles. The number of rotatable bonds is 6. The molecular formula is C23H26N4O. The van der Waals surface area contributed by atoms with Crippen LogP contribution in [0, 0.1) is 0 Å². The largest absolute Gasteiger partial charge is 0.350 e. The minimum absolute atomic E-state index is 0.0296. The Labute approximate surface area is 165 Å². The summed E-state index contributed by atoms with van der Waals surface area (Å²) in [7, 11) is 0. The normalized spacial score (nSPS) is 13.2. The first-order valence-corrected chi connectivity index (χ1v) is 10.1. The first-order chi connectivity index (χ1) is 13.8. The molecule has 0 unspecified atom stereocenters. The molecule has 0 spiro atoms. The lowest BCUT2D eigenvalue weighted by Gasteiger charge is -2.14. The summed E-state index contributed by atoms with van der Waals surface area (Å²) < 4.78 is 2.09. The molecule has 0 radical (unpaired) electrons. The fraction of sp³-hybridized carbons (Fsp3) is 0.348. The molecule has 1 N–H and O–H groups in total. The second kappa shape index (κ2) is 8.38. The summed E-state index contributed by atoms with van der Waals surface area (Å²) in [4.78, 5) is 16.5. The molecule has 0 fully saturated rings. The van der Waals surface area contributed by atoms with Gasteiger partial charge in [0, 0.05) is 41.3 Å². The maximum Gasteiger partial charge on any atom is 0.251 e. The highest BCUT2D eigenvalue weighted by atomic mass is 16.1. The molecule has 4 rings (SSSR count). The standard InChI is InChI=1S/C23H26N4O/c1-2-17-7-9-19(10-8-17)23(28)25-15-16-27-21-6-4-3-5-20(21)22(26-27)18-11-13-24-14-12-18/h7-14H,2-6,15-16H2,1H3,(H,25,28). The first-order valence-electron chi connectivity index (χ1n) is 10.1. The van der Waals surface area contributed by atoms with Crippen LogP contribution in [0.4, 0.5) is 0 Å². The van der Waals surface area contributed by atoms with Crippen molar-refractivity contribution < 1.29 is 4.79 Å². The summed E-state index contributed by atoms with van der Waals surface area (Å²) in [5, 5.41) is 7.92. The van der Waals surface area contributed by atoms with Crippen LogP contribution in [-0.4, -0.2) is 27.2 Å². The topological polar surface area (TPSA) is 59.8 Å². The third kappa shape index (κ3) is 3.84. The van der Waals surface area contributed by atoms with Gasteiger partial charge in [-0.2, -0.15) is 5.10 Å². The Bertz CT molecular complexity index is 945. The molecular weight excluding hydrogens is 348 g/mol. The van der Waals surface area contributed by atoms with E-state index in [9.17, 15) is 4.79 Å². The van der Waals surface area contributed by atoms with Gasteiger partial charge in [0.05, 0.1) is 12.2 Å². The van der Waals surface area contributed by atoms with Gasteiger partial charge in [0.25, 0.3) is 5.91 Å². The van der Waals surface area contributed by atoms with Gasteiger partial charge in [-0.3, -0.25) is 14.5 Å². The second-order valence-corrected chi connectivity index (χ2v) is 7.25. The number of carbonyl (C=O) groups is 1. The van der Waals surface area contributed by atoms with Crippen molar-refractivity contribution in [3.05, 3.63) is 71.2 Å². The quantitative estimate of drug-likeness (QED) is 0.714. The number of carbonyl (C=O) groups excluding carboxylic acids is 1. The van der Waals surface area contributed by atoms with Gasteiger partial charge >= 0.3 is 0 Å². The lowest BCUT2D eigenvalue weighted by Crippen LogP contribution is -2.28. The van der Waals surface area contributed by atoms with Gasteiger partial charge < -0.3 is 5.32 Å². The van der Waals surface area contributed by atoms with Crippen LogP contribution in [0.15, 0.2) is 48.8 Å². The van der Waals surface area contributed by atoms with Crippen LogP contribution in [0.5, 0.6) is 0 Å². The summed E-state index contributed by atoms with van der Waals surface area (Å²) in [6, 6.07) is 11.9. The molecule has 1 amide bonds. The van der Waals surface area contributed by atoms with Crippen molar-refractivity contribution in [2.24, 2.45) is 0 Å². The summed E-state index contributed by atoms with van der Waals surface area (Å²) >= 11 is 0. The van der Waals surface area contributed by atoms with Gasteiger partial charge in [-0.15, -0.1) is 0 Å². The number of nitrogens with one attached hydrogen (secondary N) is 1. The molecule has 5 nitrogen and oxygen atoms in total. The summed E-state index contributed by atoms with van der Waals surface area (Å²) in [5.74, 6) is -0.0296. The van der Waals surface area contributed by atoms with E-state index in [0.29, 0.717) is 18.7 Å². The van der Waals surface area contributed by atoms with Crippen molar-refractivity contribution in [1.82, 2.24) is 20.1 Å². The van der Waals surface area contributed by atoms with E-state index in [4.69, 9.17) is 5.10 Å². The SMILES string of the molecule is CCc1ccc(C(=O)NCCn2nc(-c3ccncc3)c3c2CCCC3)cc1. The van der Waals surface area contributed by atoms with Crippen molar-refractivity contribution in [2.75, 3.05) is 6.54 Å². The zero-order chi connectivity index (χ0) is 19.3. The molecule has 1 aromatic carbocycles. The number of hydrogen-bond donors (Lipinski definition) is 1. The maximum absolute atomic E-state index is 12.4. The van der Waals surface area contributed by atoms with E-state index in [1.54, 1.807) is 0 Å². The van der Waals surface area contributed by atoms with Crippen molar-refractivity contribution >= 4 is 5.91 Å². The van der Waals surface area contributed by atoms with Crippen molar-refractivity contribution in [2.45, 2.75) is 45.6 Å². The van der Waals surface area contributed by atoms with Crippen molar-refractivity contribution in [3.8, 4) is 11.3 Å². The first kappa shape index (κ1) is 18.4. The van der Waals surface area contributed by atoms with Gasteiger partial charge in [0.15, 0.2) is 0 Å². The Morgan fingerprint density at radius 3 is 2.57 bits per heavy atom. The van der Waals surface area contributed by atoms with Gasteiger partial charge in [0.1, 0.15) is 0 Å². The van der Waals surface area contributed by atoms with Gasteiger partial charge in [-0.1, -0.05) is 19.1 Å². The lowest BCUT2D eigenvalue weighted by atomic mass is 9.94. The van der Waals surface area contributed by atoms with E-state index in [-0.39, 0.29) is 5.91 Å². The highest BCUT2D eigenvalue weighted by Crippen LogP contribution is 2.30. The Morgan fingerprint density at radius 1 is 1.07 bits per heavy atom. The fourth-order valence-electron chi connectivity index (χ4n) is 3.87. The lowest BCUT2D eigenvalue weighted by molar-refractivity contribution is 0.0952. The maximum atomic E-state index is 12.4. The molecule has 0 saturated heterocycles. The monoisotopic (exact) mass is 374 g/mol. The Balaban J connectivity index is 1.46. The third-order valence-electron chi connectivity index (χ3n) is 5.44. The summed E-state index contributed by atoms with van der Waals surface area (Å²) in [6.45, 7) is 3.37.